The standard InChI is InChI=1S/C14H20FNO/c1-9(7-11-3-4-11)16-10(2)13-6-5-12(15)8-14(13)17/h5-6,8-11,16-17H,3-4,7H2,1-2H3. The highest BCUT2D eigenvalue weighted by atomic mass is 19.1. The summed E-state index contributed by atoms with van der Waals surface area (Å²) in [4.78, 5) is 0. The number of hydrogen-bond donors (Lipinski definition) is 2. The minimum atomic E-state index is -0.399. The molecule has 2 nitrogen and oxygen atoms in total. The van der Waals surface area contributed by atoms with Gasteiger partial charge in [0.2, 0.25) is 0 Å². The molecule has 1 aliphatic rings. The highest BCUT2D eigenvalue weighted by molar-refractivity contribution is 5.34. The van der Waals surface area contributed by atoms with Gasteiger partial charge in [-0.2, -0.15) is 0 Å². The van der Waals surface area contributed by atoms with Crippen molar-refractivity contribution in [1.29, 1.82) is 0 Å². The fraction of sp³-hybridized carbons (Fsp3) is 0.571. The molecular weight excluding hydrogens is 217 g/mol. The van der Waals surface area contributed by atoms with E-state index in [9.17, 15) is 9.50 Å². The van der Waals surface area contributed by atoms with Crippen molar-refractivity contribution in [3.05, 3.63) is 29.6 Å². The van der Waals surface area contributed by atoms with Gasteiger partial charge in [0.05, 0.1) is 0 Å². The fourth-order valence-corrected chi connectivity index (χ4v) is 2.32. The SMILES string of the molecule is CC(CC1CC1)NC(C)c1ccc(F)cc1O. The Bertz CT molecular complexity index is 390. The number of phenols is 1. The molecule has 0 bridgehead atoms. The number of benzene rings is 1. The summed E-state index contributed by atoms with van der Waals surface area (Å²) in [5.41, 5.74) is 0.758. The quantitative estimate of drug-likeness (QED) is 0.823. The van der Waals surface area contributed by atoms with Crippen LogP contribution in [0.1, 0.15) is 44.7 Å². The predicted molar refractivity (Wildman–Crippen MR) is 66.4 cm³/mol. The van der Waals surface area contributed by atoms with Gasteiger partial charge in [-0.25, -0.2) is 4.39 Å². The van der Waals surface area contributed by atoms with Crippen molar-refractivity contribution >= 4 is 0 Å². The third-order valence-electron chi connectivity index (χ3n) is 3.38. The van der Waals surface area contributed by atoms with Gasteiger partial charge in [0.25, 0.3) is 0 Å². The summed E-state index contributed by atoms with van der Waals surface area (Å²) >= 11 is 0. The van der Waals surface area contributed by atoms with Gasteiger partial charge < -0.3 is 10.4 Å². The van der Waals surface area contributed by atoms with E-state index >= 15 is 0 Å². The van der Waals surface area contributed by atoms with Gasteiger partial charge in [0, 0.05) is 23.7 Å². The molecule has 0 aliphatic heterocycles. The summed E-state index contributed by atoms with van der Waals surface area (Å²) in [6.07, 6.45) is 3.89. The molecule has 0 saturated heterocycles. The molecule has 1 saturated carbocycles. The zero-order chi connectivity index (χ0) is 12.4. The molecule has 0 aromatic heterocycles. The van der Waals surface area contributed by atoms with Gasteiger partial charge in [-0.1, -0.05) is 18.9 Å². The lowest BCUT2D eigenvalue weighted by Crippen LogP contribution is -2.29. The highest BCUT2D eigenvalue weighted by Gasteiger charge is 2.24. The number of halogens is 1. The Morgan fingerprint density at radius 3 is 2.71 bits per heavy atom. The Morgan fingerprint density at radius 1 is 1.41 bits per heavy atom. The minimum absolute atomic E-state index is 0.0311. The van der Waals surface area contributed by atoms with Crippen molar-refractivity contribution in [2.45, 2.75) is 45.2 Å². The van der Waals surface area contributed by atoms with Crippen LogP contribution < -0.4 is 5.32 Å². The van der Waals surface area contributed by atoms with Crippen molar-refractivity contribution in [1.82, 2.24) is 5.32 Å². The normalized spacial score (nSPS) is 19.0. The third-order valence-corrected chi connectivity index (χ3v) is 3.38. The first-order valence-electron chi connectivity index (χ1n) is 6.30. The van der Waals surface area contributed by atoms with Crippen LogP contribution in [0.25, 0.3) is 0 Å². The van der Waals surface area contributed by atoms with Gasteiger partial charge in [-0.3, -0.25) is 0 Å². The maximum Gasteiger partial charge on any atom is 0.126 e. The Kier molecular flexibility index (Phi) is 3.67. The Morgan fingerprint density at radius 2 is 2.12 bits per heavy atom. The molecule has 17 heavy (non-hydrogen) atoms. The summed E-state index contributed by atoms with van der Waals surface area (Å²) in [5, 5.41) is 13.1. The molecule has 2 atom stereocenters. The average Bonchev–Trinajstić information content (AvgIpc) is 3.00. The Labute approximate surface area is 102 Å². The van der Waals surface area contributed by atoms with E-state index in [0.29, 0.717) is 6.04 Å². The van der Waals surface area contributed by atoms with E-state index in [1.807, 2.05) is 6.92 Å². The van der Waals surface area contributed by atoms with E-state index in [4.69, 9.17) is 0 Å². The molecule has 2 N–H and O–H groups in total. The van der Waals surface area contributed by atoms with E-state index in [0.717, 1.165) is 11.5 Å². The molecule has 1 aromatic rings. The average molecular weight is 237 g/mol. The van der Waals surface area contributed by atoms with Gasteiger partial charge >= 0.3 is 0 Å². The zero-order valence-electron chi connectivity index (χ0n) is 10.4. The molecule has 2 unspecified atom stereocenters. The number of hydrogen-bond acceptors (Lipinski definition) is 2. The predicted octanol–water partition coefficient (Wildman–Crippen LogP) is 3.37. The van der Waals surface area contributed by atoms with Crippen LogP contribution in [0.3, 0.4) is 0 Å². The van der Waals surface area contributed by atoms with E-state index in [2.05, 4.69) is 12.2 Å². The summed E-state index contributed by atoms with van der Waals surface area (Å²) in [5.74, 6) is 0.514. The second kappa shape index (κ2) is 5.05. The van der Waals surface area contributed by atoms with Gasteiger partial charge in [0.1, 0.15) is 11.6 Å². The smallest absolute Gasteiger partial charge is 0.126 e. The Hall–Kier alpha value is -1.09. The van der Waals surface area contributed by atoms with Gasteiger partial charge in [-0.15, -0.1) is 0 Å². The third kappa shape index (κ3) is 3.43. The van der Waals surface area contributed by atoms with Crippen LogP contribution in [0.5, 0.6) is 5.75 Å². The van der Waals surface area contributed by atoms with Crippen LogP contribution in [-0.2, 0) is 0 Å². The highest BCUT2D eigenvalue weighted by Crippen LogP contribution is 2.34. The molecule has 2 rings (SSSR count). The Balaban J connectivity index is 1.95. The monoisotopic (exact) mass is 237 g/mol. The first kappa shape index (κ1) is 12.4. The van der Waals surface area contributed by atoms with E-state index < -0.39 is 5.82 Å². The number of nitrogens with one attached hydrogen (secondary N) is 1. The topological polar surface area (TPSA) is 32.3 Å². The maximum absolute atomic E-state index is 12.9. The second-order valence-electron chi connectivity index (χ2n) is 5.17. The number of phenolic OH excluding ortho intramolecular Hbond substituents is 1. The van der Waals surface area contributed by atoms with Crippen LogP contribution in [0.15, 0.2) is 18.2 Å². The zero-order valence-corrected chi connectivity index (χ0v) is 10.4. The first-order valence-corrected chi connectivity index (χ1v) is 6.30. The van der Waals surface area contributed by atoms with Crippen molar-refractivity contribution < 1.29 is 9.50 Å². The van der Waals surface area contributed by atoms with Gasteiger partial charge in [-0.05, 0) is 32.3 Å². The number of aromatic hydroxyl groups is 1. The molecule has 0 amide bonds. The van der Waals surface area contributed by atoms with Crippen LogP contribution >= 0.6 is 0 Å². The number of rotatable bonds is 5. The fourth-order valence-electron chi connectivity index (χ4n) is 2.32. The maximum atomic E-state index is 12.9. The molecule has 0 radical (unpaired) electrons. The molecule has 1 aliphatic carbocycles. The molecule has 1 aromatic carbocycles. The lowest BCUT2D eigenvalue weighted by molar-refractivity contribution is 0.413. The van der Waals surface area contributed by atoms with E-state index in [1.54, 1.807) is 6.07 Å². The van der Waals surface area contributed by atoms with E-state index in [-0.39, 0.29) is 11.8 Å². The lowest BCUT2D eigenvalue weighted by atomic mass is 10.0. The molecule has 94 valence electrons. The summed E-state index contributed by atoms with van der Waals surface area (Å²) in [6, 6.07) is 4.68. The largest absolute Gasteiger partial charge is 0.508 e. The molecule has 0 heterocycles. The van der Waals surface area contributed by atoms with Crippen molar-refractivity contribution in [3.8, 4) is 5.75 Å². The first-order chi connectivity index (χ1) is 8.06. The summed E-state index contributed by atoms with van der Waals surface area (Å²) in [6.45, 7) is 4.16. The van der Waals surface area contributed by atoms with Crippen LogP contribution in [0.2, 0.25) is 0 Å². The molecular formula is C14H20FNO. The van der Waals surface area contributed by atoms with Crippen molar-refractivity contribution in [2.24, 2.45) is 5.92 Å². The van der Waals surface area contributed by atoms with Crippen molar-refractivity contribution in [3.63, 3.8) is 0 Å². The summed E-state index contributed by atoms with van der Waals surface area (Å²) < 4.78 is 12.9. The molecule has 0 spiro atoms. The lowest BCUT2D eigenvalue weighted by Gasteiger charge is -2.21. The van der Waals surface area contributed by atoms with Crippen LogP contribution in [0.4, 0.5) is 4.39 Å². The minimum Gasteiger partial charge on any atom is -0.508 e. The van der Waals surface area contributed by atoms with E-state index in [1.165, 1.54) is 31.4 Å². The van der Waals surface area contributed by atoms with Gasteiger partial charge in [0.15, 0.2) is 0 Å². The van der Waals surface area contributed by atoms with Crippen LogP contribution in [0, 0.1) is 11.7 Å². The molecule has 1 fully saturated rings. The second-order valence-corrected chi connectivity index (χ2v) is 5.17. The van der Waals surface area contributed by atoms with Crippen LogP contribution in [-0.4, -0.2) is 11.1 Å². The molecule has 3 heteroatoms. The van der Waals surface area contributed by atoms with Crippen molar-refractivity contribution in [2.75, 3.05) is 0 Å². The summed E-state index contributed by atoms with van der Waals surface area (Å²) in [7, 11) is 0.